The molecule has 1 aromatic rings. The number of methoxy groups -OCH3 is 1. The molecule has 0 aliphatic rings. The number of hydrogen-bond acceptors (Lipinski definition) is 4. The molecule has 0 amide bonds. The molecule has 4 nitrogen and oxygen atoms in total. The first kappa shape index (κ1) is 28.4. The second-order valence-electron chi connectivity index (χ2n) is 10.2. The molecule has 0 unspecified atom stereocenters. The van der Waals surface area contributed by atoms with E-state index >= 15 is 0 Å². The Bertz CT molecular complexity index is 728. The highest BCUT2D eigenvalue weighted by Gasteiger charge is 2.42. The highest BCUT2D eigenvalue weighted by Crippen LogP contribution is 2.40. The van der Waals surface area contributed by atoms with Gasteiger partial charge < -0.3 is 19.0 Å². The minimum absolute atomic E-state index is 0.0325. The molecule has 0 heterocycles. The summed E-state index contributed by atoms with van der Waals surface area (Å²) in [6.07, 6.45) is 10.3. The van der Waals surface area contributed by atoms with Crippen LogP contribution in [-0.4, -0.2) is 39.3 Å². The van der Waals surface area contributed by atoms with Crippen molar-refractivity contribution in [2.24, 2.45) is 11.8 Å². The van der Waals surface area contributed by atoms with Gasteiger partial charge in [0.15, 0.2) is 8.32 Å². The Labute approximate surface area is 197 Å². The van der Waals surface area contributed by atoms with Crippen molar-refractivity contribution in [2.45, 2.75) is 84.4 Å². The van der Waals surface area contributed by atoms with Crippen molar-refractivity contribution in [3.05, 3.63) is 42.0 Å². The zero-order chi connectivity index (χ0) is 24.4. The summed E-state index contributed by atoms with van der Waals surface area (Å²) < 4.78 is 17.7. The van der Waals surface area contributed by atoms with E-state index in [9.17, 15) is 5.11 Å². The van der Waals surface area contributed by atoms with Crippen LogP contribution < -0.4 is 4.74 Å². The molecule has 0 fully saturated rings. The lowest BCUT2D eigenvalue weighted by Crippen LogP contribution is -2.49. The average Bonchev–Trinajstić information content (AvgIpc) is 2.73. The lowest BCUT2D eigenvalue weighted by Gasteiger charge is -2.43. The van der Waals surface area contributed by atoms with Crippen LogP contribution in [0.2, 0.25) is 18.1 Å². The molecule has 0 saturated carbocycles. The number of ether oxygens (including phenoxy) is 2. The highest BCUT2D eigenvalue weighted by molar-refractivity contribution is 6.74. The quantitative estimate of drug-likeness (QED) is 0.165. The molecule has 180 valence electrons. The SMILES string of the molecule is C#CC[C@H](O)[C@@H](C)[C@H](O[Si](C)(C)C(C)(C)C)[C@H](C)C/C=C\COCc1ccc(OC)cc1. The maximum Gasteiger partial charge on any atom is 0.192 e. The molecule has 0 bridgehead atoms. The van der Waals surface area contributed by atoms with E-state index in [1.807, 2.05) is 24.3 Å². The summed E-state index contributed by atoms with van der Waals surface area (Å²) >= 11 is 0. The number of allylic oxidation sites excluding steroid dienone is 1. The lowest BCUT2D eigenvalue weighted by atomic mass is 9.86. The van der Waals surface area contributed by atoms with E-state index in [0.717, 1.165) is 17.7 Å². The van der Waals surface area contributed by atoms with Gasteiger partial charge >= 0.3 is 0 Å². The zero-order valence-electron chi connectivity index (χ0n) is 21.4. The monoisotopic (exact) mass is 460 g/mol. The van der Waals surface area contributed by atoms with Crippen LogP contribution in [0, 0.1) is 24.2 Å². The molecule has 1 aromatic carbocycles. The fraction of sp³-hybridized carbons (Fsp3) is 0.630. The number of rotatable bonds is 13. The van der Waals surface area contributed by atoms with Crippen LogP contribution in [-0.2, 0) is 15.8 Å². The average molecular weight is 461 g/mol. The van der Waals surface area contributed by atoms with Crippen molar-refractivity contribution in [1.29, 1.82) is 0 Å². The third-order valence-corrected chi connectivity index (χ3v) is 11.0. The number of terminal acetylenes is 1. The van der Waals surface area contributed by atoms with Crippen LogP contribution in [0.15, 0.2) is 36.4 Å². The molecule has 0 aliphatic carbocycles. The van der Waals surface area contributed by atoms with Gasteiger partial charge in [0.05, 0.1) is 32.5 Å². The van der Waals surface area contributed by atoms with Crippen molar-refractivity contribution in [3.8, 4) is 18.1 Å². The van der Waals surface area contributed by atoms with E-state index in [2.05, 4.69) is 65.8 Å². The van der Waals surface area contributed by atoms with Gasteiger partial charge in [-0.1, -0.05) is 58.9 Å². The molecule has 0 aliphatic heterocycles. The summed E-state index contributed by atoms with van der Waals surface area (Å²) in [5, 5.41) is 10.7. The van der Waals surface area contributed by atoms with Gasteiger partial charge in [0.1, 0.15) is 5.75 Å². The Balaban J connectivity index is 2.67. The molecule has 0 radical (unpaired) electrons. The van der Waals surface area contributed by atoms with Crippen molar-refractivity contribution in [1.82, 2.24) is 0 Å². The van der Waals surface area contributed by atoms with Gasteiger partial charge in [-0.25, -0.2) is 0 Å². The molecular weight excluding hydrogens is 416 g/mol. The first-order valence-electron chi connectivity index (χ1n) is 11.6. The molecule has 1 N–H and O–H groups in total. The van der Waals surface area contributed by atoms with Crippen LogP contribution in [0.3, 0.4) is 0 Å². The van der Waals surface area contributed by atoms with Crippen LogP contribution >= 0.6 is 0 Å². The smallest absolute Gasteiger partial charge is 0.192 e. The van der Waals surface area contributed by atoms with Gasteiger partial charge in [-0.05, 0) is 48.2 Å². The predicted octanol–water partition coefficient (Wildman–Crippen LogP) is 6.20. The van der Waals surface area contributed by atoms with Gasteiger partial charge in [-0.2, -0.15) is 0 Å². The molecule has 32 heavy (non-hydrogen) atoms. The number of aliphatic hydroxyl groups is 1. The van der Waals surface area contributed by atoms with E-state index < -0.39 is 14.4 Å². The number of aliphatic hydroxyl groups excluding tert-OH is 1. The third-order valence-electron chi connectivity index (χ3n) is 6.57. The van der Waals surface area contributed by atoms with E-state index in [4.69, 9.17) is 20.3 Å². The van der Waals surface area contributed by atoms with Gasteiger partial charge in [-0.15, -0.1) is 12.3 Å². The maximum atomic E-state index is 10.6. The highest BCUT2D eigenvalue weighted by atomic mass is 28.4. The molecule has 0 spiro atoms. The summed E-state index contributed by atoms with van der Waals surface area (Å²) in [5.74, 6) is 3.66. The first-order chi connectivity index (χ1) is 14.9. The van der Waals surface area contributed by atoms with Crippen LogP contribution in [0.1, 0.15) is 53.0 Å². The summed E-state index contributed by atoms with van der Waals surface area (Å²) in [6, 6.07) is 7.90. The lowest BCUT2D eigenvalue weighted by molar-refractivity contribution is 0.00427. The van der Waals surface area contributed by atoms with Crippen molar-refractivity contribution >= 4 is 8.32 Å². The van der Waals surface area contributed by atoms with E-state index in [-0.39, 0.29) is 23.0 Å². The second-order valence-corrected chi connectivity index (χ2v) is 15.0. The summed E-state index contributed by atoms with van der Waals surface area (Å²) in [5.41, 5.74) is 1.12. The van der Waals surface area contributed by atoms with E-state index in [0.29, 0.717) is 19.6 Å². The second kappa shape index (κ2) is 13.2. The van der Waals surface area contributed by atoms with Gasteiger partial charge in [-0.3, -0.25) is 0 Å². The van der Waals surface area contributed by atoms with Crippen LogP contribution in [0.5, 0.6) is 5.75 Å². The molecule has 0 aromatic heterocycles. The predicted molar refractivity (Wildman–Crippen MR) is 136 cm³/mol. The van der Waals surface area contributed by atoms with Crippen molar-refractivity contribution < 1.29 is 19.0 Å². The maximum absolute atomic E-state index is 10.6. The molecule has 4 atom stereocenters. The first-order valence-corrected chi connectivity index (χ1v) is 14.5. The van der Waals surface area contributed by atoms with Crippen LogP contribution in [0.4, 0.5) is 0 Å². The van der Waals surface area contributed by atoms with Crippen molar-refractivity contribution in [3.63, 3.8) is 0 Å². The Morgan fingerprint density at radius 1 is 1.12 bits per heavy atom. The largest absolute Gasteiger partial charge is 0.497 e. The zero-order valence-corrected chi connectivity index (χ0v) is 22.4. The third kappa shape index (κ3) is 9.11. The summed E-state index contributed by atoms with van der Waals surface area (Å²) in [4.78, 5) is 0. The fourth-order valence-electron chi connectivity index (χ4n) is 3.26. The molecule has 0 saturated heterocycles. The Morgan fingerprint density at radius 3 is 2.28 bits per heavy atom. The minimum Gasteiger partial charge on any atom is -0.497 e. The Morgan fingerprint density at radius 2 is 1.75 bits per heavy atom. The molecule has 1 rings (SSSR count). The Hall–Kier alpha value is -1.58. The summed E-state index contributed by atoms with van der Waals surface area (Å²) in [6.45, 7) is 16.6. The molecule has 5 heteroatoms. The van der Waals surface area contributed by atoms with E-state index in [1.165, 1.54) is 0 Å². The standard InChI is InChI=1S/C27H44O4Si/c1-10-13-25(28)22(3)26(31-32(8,9)27(4,5)6)21(2)14-11-12-19-30-20-23-15-17-24(29-7)18-16-23/h1,11-12,15-18,21-22,25-26,28H,13-14,19-20H2,2-9H3/b12-11-/t21-,22-,25+,26-/m1/s1. The number of benzene rings is 1. The van der Waals surface area contributed by atoms with Gasteiger partial charge in [0.2, 0.25) is 0 Å². The normalized spacial score (nSPS) is 16.4. The van der Waals surface area contributed by atoms with Gasteiger partial charge in [0, 0.05) is 12.3 Å². The Kier molecular flexibility index (Phi) is 11.7. The minimum atomic E-state index is -1.99. The topological polar surface area (TPSA) is 47.9 Å². The number of hydrogen-bond donors (Lipinski definition) is 1. The van der Waals surface area contributed by atoms with E-state index in [1.54, 1.807) is 7.11 Å². The van der Waals surface area contributed by atoms with Gasteiger partial charge in [0.25, 0.3) is 0 Å². The molecular formula is C27H44O4Si. The van der Waals surface area contributed by atoms with Crippen LogP contribution in [0.25, 0.3) is 0 Å². The summed E-state index contributed by atoms with van der Waals surface area (Å²) in [7, 11) is -0.325. The van der Waals surface area contributed by atoms with Crippen molar-refractivity contribution in [2.75, 3.05) is 13.7 Å². The fourth-order valence-corrected chi connectivity index (χ4v) is 4.74.